The largest absolute Gasteiger partial charge is 0.353 e. The highest BCUT2D eigenvalue weighted by Gasteiger charge is 2.28. The van der Waals surface area contributed by atoms with E-state index in [0.29, 0.717) is 17.9 Å². The van der Waals surface area contributed by atoms with E-state index in [1.165, 1.54) is 12.8 Å². The number of carbonyl (C=O) groups excluding carboxylic acids is 1. The van der Waals surface area contributed by atoms with Crippen LogP contribution in [0.15, 0.2) is 0 Å². The van der Waals surface area contributed by atoms with Gasteiger partial charge in [-0.25, -0.2) is 0 Å². The maximum absolute atomic E-state index is 12.2. The fourth-order valence-corrected chi connectivity index (χ4v) is 3.09. The second kappa shape index (κ2) is 7.16. The maximum Gasteiger partial charge on any atom is 0.223 e. The van der Waals surface area contributed by atoms with Gasteiger partial charge < -0.3 is 5.32 Å². The van der Waals surface area contributed by atoms with Crippen molar-refractivity contribution in [2.45, 2.75) is 72.8 Å². The molecule has 0 radical (unpaired) electrons. The first-order chi connectivity index (χ1) is 8.45. The Morgan fingerprint density at radius 3 is 2.06 bits per heavy atom. The molecule has 1 aliphatic rings. The van der Waals surface area contributed by atoms with Crippen molar-refractivity contribution in [2.75, 3.05) is 0 Å². The standard InChI is InChI=1S/C16H31NO/c1-6-15(12(4)5)17-16(18)14-9-7-13(8-10-14)11(2)3/h11-15H,6-10H2,1-5H3,(H,17,18). The maximum atomic E-state index is 12.2. The summed E-state index contributed by atoms with van der Waals surface area (Å²) < 4.78 is 0. The van der Waals surface area contributed by atoms with E-state index in [-0.39, 0.29) is 5.92 Å². The van der Waals surface area contributed by atoms with E-state index in [4.69, 9.17) is 0 Å². The summed E-state index contributed by atoms with van der Waals surface area (Å²) in [6.45, 7) is 11.1. The Morgan fingerprint density at radius 1 is 1.11 bits per heavy atom. The Bertz CT molecular complexity index is 252. The summed E-state index contributed by atoms with van der Waals surface area (Å²) in [7, 11) is 0. The molecule has 106 valence electrons. The van der Waals surface area contributed by atoms with Gasteiger partial charge in [0.2, 0.25) is 5.91 Å². The highest BCUT2D eigenvalue weighted by molar-refractivity contribution is 5.79. The number of carbonyl (C=O) groups is 1. The van der Waals surface area contributed by atoms with Crippen LogP contribution in [0.1, 0.15) is 66.7 Å². The molecule has 1 saturated carbocycles. The monoisotopic (exact) mass is 253 g/mol. The molecule has 1 aliphatic carbocycles. The Kier molecular flexibility index (Phi) is 6.17. The molecule has 1 unspecified atom stereocenters. The van der Waals surface area contributed by atoms with E-state index in [0.717, 1.165) is 31.1 Å². The average Bonchev–Trinajstić information content (AvgIpc) is 2.35. The smallest absolute Gasteiger partial charge is 0.223 e. The molecule has 1 rings (SSSR count). The predicted octanol–water partition coefficient (Wildman–Crippen LogP) is 4.00. The van der Waals surface area contributed by atoms with Gasteiger partial charge in [-0.1, -0.05) is 34.6 Å². The van der Waals surface area contributed by atoms with Crippen LogP contribution in [0, 0.1) is 23.7 Å². The molecule has 1 atom stereocenters. The topological polar surface area (TPSA) is 29.1 Å². The van der Waals surface area contributed by atoms with Crippen LogP contribution in [-0.4, -0.2) is 11.9 Å². The highest BCUT2D eigenvalue weighted by atomic mass is 16.1. The minimum absolute atomic E-state index is 0.271. The van der Waals surface area contributed by atoms with Crippen molar-refractivity contribution in [3.05, 3.63) is 0 Å². The first-order valence-electron chi connectivity index (χ1n) is 7.76. The Hall–Kier alpha value is -0.530. The van der Waals surface area contributed by atoms with Crippen molar-refractivity contribution in [1.82, 2.24) is 5.32 Å². The van der Waals surface area contributed by atoms with Crippen LogP contribution in [-0.2, 0) is 4.79 Å². The fraction of sp³-hybridized carbons (Fsp3) is 0.938. The highest BCUT2D eigenvalue weighted by Crippen LogP contribution is 2.33. The second-order valence-corrected chi connectivity index (χ2v) is 6.62. The number of amides is 1. The molecule has 0 bridgehead atoms. The van der Waals surface area contributed by atoms with Crippen LogP contribution >= 0.6 is 0 Å². The van der Waals surface area contributed by atoms with E-state index in [1.54, 1.807) is 0 Å². The lowest BCUT2D eigenvalue weighted by Crippen LogP contribution is -2.42. The zero-order chi connectivity index (χ0) is 13.7. The first-order valence-corrected chi connectivity index (χ1v) is 7.76. The quantitative estimate of drug-likeness (QED) is 0.788. The molecule has 1 fully saturated rings. The molecular formula is C16H31NO. The molecule has 0 saturated heterocycles. The van der Waals surface area contributed by atoms with Gasteiger partial charge in [-0.05, 0) is 49.9 Å². The van der Waals surface area contributed by atoms with Crippen LogP contribution < -0.4 is 5.32 Å². The van der Waals surface area contributed by atoms with Crippen molar-refractivity contribution in [2.24, 2.45) is 23.7 Å². The van der Waals surface area contributed by atoms with Crippen LogP contribution in [0.5, 0.6) is 0 Å². The molecule has 0 spiro atoms. The lowest BCUT2D eigenvalue weighted by atomic mass is 9.76. The number of hydrogen-bond donors (Lipinski definition) is 1. The minimum Gasteiger partial charge on any atom is -0.353 e. The molecule has 0 aliphatic heterocycles. The van der Waals surface area contributed by atoms with E-state index < -0.39 is 0 Å². The van der Waals surface area contributed by atoms with E-state index >= 15 is 0 Å². The average molecular weight is 253 g/mol. The number of rotatable bonds is 5. The van der Waals surface area contributed by atoms with Gasteiger partial charge in [-0.2, -0.15) is 0 Å². The molecule has 0 aromatic heterocycles. The molecular weight excluding hydrogens is 222 g/mol. The Balaban J connectivity index is 2.40. The Labute approximate surface area is 113 Å². The van der Waals surface area contributed by atoms with Crippen molar-refractivity contribution >= 4 is 5.91 Å². The van der Waals surface area contributed by atoms with Gasteiger partial charge in [0, 0.05) is 12.0 Å². The third-order valence-electron chi connectivity index (χ3n) is 4.66. The van der Waals surface area contributed by atoms with E-state index in [9.17, 15) is 4.79 Å². The summed E-state index contributed by atoms with van der Waals surface area (Å²) in [5, 5.41) is 3.24. The van der Waals surface area contributed by atoms with Gasteiger partial charge in [-0.15, -0.1) is 0 Å². The third kappa shape index (κ3) is 4.29. The molecule has 0 aromatic carbocycles. The summed E-state index contributed by atoms with van der Waals surface area (Å²) in [5.41, 5.74) is 0. The SMILES string of the molecule is CCC(NC(=O)C1CCC(C(C)C)CC1)C(C)C. The molecule has 2 heteroatoms. The third-order valence-corrected chi connectivity index (χ3v) is 4.66. The summed E-state index contributed by atoms with van der Waals surface area (Å²) in [4.78, 5) is 12.2. The van der Waals surface area contributed by atoms with Crippen molar-refractivity contribution in [3.8, 4) is 0 Å². The predicted molar refractivity (Wildman–Crippen MR) is 77.3 cm³/mol. The molecule has 1 N–H and O–H groups in total. The van der Waals surface area contributed by atoms with Crippen molar-refractivity contribution in [1.29, 1.82) is 0 Å². The summed E-state index contributed by atoms with van der Waals surface area (Å²) in [5.74, 6) is 2.71. The summed E-state index contributed by atoms with van der Waals surface area (Å²) in [6, 6.07) is 0.348. The zero-order valence-electron chi connectivity index (χ0n) is 12.8. The van der Waals surface area contributed by atoms with Crippen LogP contribution in [0.3, 0.4) is 0 Å². The minimum atomic E-state index is 0.271. The Morgan fingerprint density at radius 2 is 1.67 bits per heavy atom. The summed E-state index contributed by atoms with van der Waals surface area (Å²) in [6.07, 6.45) is 5.67. The normalized spacial score (nSPS) is 26.4. The number of hydrogen-bond acceptors (Lipinski definition) is 1. The lowest BCUT2D eigenvalue weighted by molar-refractivity contribution is -0.127. The number of nitrogens with one attached hydrogen (secondary N) is 1. The van der Waals surface area contributed by atoms with E-state index in [1.807, 2.05) is 0 Å². The van der Waals surface area contributed by atoms with Gasteiger partial charge in [0.05, 0.1) is 0 Å². The van der Waals surface area contributed by atoms with Gasteiger partial charge in [0.15, 0.2) is 0 Å². The molecule has 0 aromatic rings. The van der Waals surface area contributed by atoms with Gasteiger partial charge in [0.25, 0.3) is 0 Å². The van der Waals surface area contributed by atoms with E-state index in [2.05, 4.69) is 39.9 Å². The zero-order valence-corrected chi connectivity index (χ0v) is 12.8. The fourth-order valence-electron chi connectivity index (χ4n) is 3.09. The van der Waals surface area contributed by atoms with Crippen LogP contribution in [0.25, 0.3) is 0 Å². The molecule has 1 amide bonds. The van der Waals surface area contributed by atoms with Gasteiger partial charge in [0.1, 0.15) is 0 Å². The first kappa shape index (κ1) is 15.5. The van der Waals surface area contributed by atoms with Gasteiger partial charge in [-0.3, -0.25) is 4.79 Å². The van der Waals surface area contributed by atoms with Gasteiger partial charge >= 0.3 is 0 Å². The molecule has 2 nitrogen and oxygen atoms in total. The van der Waals surface area contributed by atoms with Crippen molar-refractivity contribution < 1.29 is 4.79 Å². The van der Waals surface area contributed by atoms with Crippen molar-refractivity contribution in [3.63, 3.8) is 0 Å². The lowest BCUT2D eigenvalue weighted by Gasteiger charge is -2.31. The molecule has 18 heavy (non-hydrogen) atoms. The summed E-state index contributed by atoms with van der Waals surface area (Å²) >= 11 is 0. The van der Waals surface area contributed by atoms with Crippen LogP contribution in [0.4, 0.5) is 0 Å². The van der Waals surface area contributed by atoms with Crippen LogP contribution in [0.2, 0.25) is 0 Å². The molecule has 0 heterocycles. The second-order valence-electron chi connectivity index (χ2n) is 6.62.